The maximum absolute atomic E-state index is 12.8. The molecule has 0 aliphatic carbocycles. The van der Waals surface area contributed by atoms with Crippen LogP contribution in [0.25, 0.3) is 0 Å². The second kappa shape index (κ2) is 6.87. The molecule has 0 saturated heterocycles. The van der Waals surface area contributed by atoms with Crippen LogP contribution in [-0.4, -0.2) is 24.4 Å². The summed E-state index contributed by atoms with van der Waals surface area (Å²) in [4.78, 5) is 2.62. The number of hydrogen-bond acceptors (Lipinski definition) is 4. The largest absolute Gasteiger partial charge is 0.497 e. The number of rotatable bonds is 5. The first-order chi connectivity index (χ1) is 13.0. The van der Waals surface area contributed by atoms with Gasteiger partial charge in [0.05, 0.1) is 12.0 Å². The fourth-order valence-electron chi connectivity index (χ4n) is 3.40. The number of aromatic nitrogens is 1. The minimum Gasteiger partial charge on any atom is -0.497 e. The fourth-order valence-corrected chi connectivity index (χ4v) is 4.66. The van der Waals surface area contributed by atoms with Crippen LogP contribution in [0.4, 0.5) is 0 Å². The number of hydrogen-bond donors (Lipinski definition) is 0. The van der Waals surface area contributed by atoms with Gasteiger partial charge in [0.15, 0.2) is 0 Å². The predicted octanol–water partition coefficient (Wildman–Crippen LogP) is 3.56. The van der Waals surface area contributed by atoms with Gasteiger partial charge in [-0.2, -0.15) is 0 Å². The number of nitrogens with zero attached hydrogens (tertiary/aromatic N) is 2. The van der Waals surface area contributed by atoms with Gasteiger partial charge in [0, 0.05) is 32.0 Å². The quantitative estimate of drug-likeness (QED) is 0.677. The number of fused-ring (bicyclic) bond motifs is 1. The summed E-state index contributed by atoms with van der Waals surface area (Å²) in [5, 5.41) is 0. The van der Waals surface area contributed by atoms with Crippen molar-refractivity contribution in [2.45, 2.75) is 31.5 Å². The van der Waals surface area contributed by atoms with Crippen molar-refractivity contribution in [3.63, 3.8) is 0 Å². The first kappa shape index (κ1) is 17.8. The molecule has 5 nitrogen and oxygen atoms in total. The van der Waals surface area contributed by atoms with Crippen molar-refractivity contribution >= 4 is 10.0 Å². The van der Waals surface area contributed by atoms with E-state index in [-0.39, 0.29) is 0 Å². The highest BCUT2D eigenvalue weighted by Crippen LogP contribution is 2.28. The maximum atomic E-state index is 12.8. The molecule has 1 aliphatic heterocycles. The van der Waals surface area contributed by atoms with Crippen LogP contribution < -0.4 is 4.74 Å². The molecule has 0 fully saturated rings. The Morgan fingerprint density at radius 2 is 1.52 bits per heavy atom. The normalized spacial score (nSPS) is 14.3. The molecular formula is C21H22N2O3S. The van der Waals surface area contributed by atoms with Gasteiger partial charge in [-0.05, 0) is 47.9 Å². The van der Waals surface area contributed by atoms with E-state index in [2.05, 4.69) is 17.0 Å². The third-order valence-corrected chi connectivity index (χ3v) is 6.56. The summed E-state index contributed by atoms with van der Waals surface area (Å²) in [7, 11) is -1.87. The maximum Gasteiger partial charge on any atom is 0.267 e. The molecule has 27 heavy (non-hydrogen) atoms. The summed E-state index contributed by atoms with van der Waals surface area (Å²) < 4.78 is 32.2. The second-order valence-electron chi connectivity index (χ2n) is 6.95. The Kier molecular flexibility index (Phi) is 4.53. The van der Waals surface area contributed by atoms with Crippen molar-refractivity contribution < 1.29 is 13.2 Å². The molecule has 0 amide bonds. The molecule has 6 heteroatoms. The van der Waals surface area contributed by atoms with Crippen LogP contribution in [0.3, 0.4) is 0 Å². The third kappa shape index (κ3) is 3.50. The molecule has 2 heterocycles. The highest BCUT2D eigenvalue weighted by Gasteiger charge is 2.25. The van der Waals surface area contributed by atoms with E-state index in [4.69, 9.17) is 4.74 Å². The molecule has 140 valence electrons. The average Bonchev–Trinajstić information content (AvgIpc) is 3.22. The van der Waals surface area contributed by atoms with Crippen LogP contribution in [-0.2, 0) is 29.7 Å². The highest BCUT2D eigenvalue weighted by atomic mass is 32.2. The van der Waals surface area contributed by atoms with Gasteiger partial charge in [-0.25, -0.2) is 12.4 Å². The Morgan fingerprint density at radius 3 is 2.07 bits per heavy atom. The Balaban J connectivity index is 1.49. The molecule has 1 aliphatic rings. The Hall–Kier alpha value is -2.57. The fraction of sp³-hybridized carbons (Fsp3) is 0.238. The molecule has 4 rings (SSSR count). The number of ether oxygens (including phenoxy) is 1. The smallest absolute Gasteiger partial charge is 0.267 e. The summed E-state index contributed by atoms with van der Waals surface area (Å²) in [5.41, 5.74) is 4.39. The van der Waals surface area contributed by atoms with Crippen LogP contribution in [0.1, 0.15) is 22.3 Å². The van der Waals surface area contributed by atoms with Crippen LogP contribution in [0, 0.1) is 6.92 Å². The number of aryl methyl sites for hydroxylation is 1. The lowest BCUT2D eigenvalue weighted by Gasteiger charge is -2.16. The molecule has 3 aromatic rings. The molecule has 1 aromatic heterocycles. The van der Waals surface area contributed by atoms with E-state index in [1.807, 2.05) is 31.2 Å². The number of benzene rings is 2. The van der Waals surface area contributed by atoms with Crippen molar-refractivity contribution in [2.24, 2.45) is 0 Å². The van der Waals surface area contributed by atoms with E-state index >= 15 is 0 Å². The molecule has 2 aromatic carbocycles. The van der Waals surface area contributed by atoms with Gasteiger partial charge in [-0.15, -0.1) is 0 Å². The molecule has 0 saturated carbocycles. The van der Waals surface area contributed by atoms with E-state index in [0.717, 1.165) is 42.1 Å². The third-order valence-electron chi connectivity index (χ3n) is 4.93. The summed E-state index contributed by atoms with van der Waals surface area (Å²) in [5.74, 6) is 0.847. The zero-order valence-corrected chi connectivity index (χ0v) is 16.2. The molecule has 0 radical (unpaired) electrons. The SMILES string of the molecule is COc1ccc(CN2Cc3cn(S(=O)(=O)c4ccc(C)cc4)cc3C2)cc1. The lowest BCUT2D eigenvalue weighted by molar-refractivity contribution is 0.274. The molecule has 0 atom stereocenters. The van der Waals surface area contributed by atoms with Crippen molar-refractivity contribution in [3.05, 3.63) is 83.2 Å². The van der Waals surface area contributed by atoms with Gasteiger partial charge in [-0.1, -0.05) is 29.8 Å². The lowest BCUT2D eigenvalue weighted by Crippen LogP contribution is -2.17. The Morgan fingerprint density at radius 1 is 0.926 bits per heavy atom. The zero-order chi connectivity index (χ0) is 19.0. The van der Waals surface area contributed by atoms with E-state index in [1.165, 1.54) is 9.54 Å². The minimum atomic E-state index is -3.53. The Bertz CT molecular complexity index is 1030. The highest BCUT2D eigenvalue weighted by molar-refractivity contribution is 7.90. The second-order valence-corrected chi connectivity index (χ2v) is 8.79. The lowest BCUT2D eigenvalue weighted by atomic mass is 10.2. The van der Waals surface area contributed by atoms with Crippen molar-refractivity contribution in [3.8, 4) is 5.75 Å². The van der Waals surface area contributed by atoms with Gasteiger partial charge >= 0.3 is 0 Å². The van der Waals surface area contributed by atoms with E-state index in [0.29, 0.717) is 4.90 Å². The average molecular weight is 382 g/mol. The molecule has 0 bridgehead atoms. The zero-order valence-electron chi connectivity index (χ0n) is 15.4. The minimum absolute atomic E-state index is 0.317. The molecule has 0 spiro atoms. The van der Waals surface area contributed by atoms with E-state index in [9.17, 15) is 8.42 Å². The van der Waals surface area contributed by atoms with Crippen LogP contribution in [0.2, 0.25) is 0 Å². The predicted molar refractivity (Wildman–Crippen MR) is 104 cm³/mol. The summed E-state index contributed by atoms with van der Waals surface area (Å²) in [6, 6.07) is 15.0. The summed E-state index contributed by atoms with van der Waals surface area (Å²) in [6.45, 7) is 4.26. The number of methoxy groups -OCH3 is 1. The van der Waals surface area contributed by atoms with Crippen LogP contribution in [0.5, 0.6) is 5.75 Å². The topological polar surface area (TPSA) is 51.5 Å². The van der Waals surface area contributed by atoms with Gasteiger partial charge in [0.2, 0.25) is 0 Å². The first-order valence-corrected chi connectivity index (χ1v) is 10.3. The molecular weight excluding hydrogens is 360 g/mol. The van der Waals surface area contributed by atoms with Crippen molar-refractivity contribution in [2.75, 3.05) is 7.11 Å². The van der Waals surface area contributed by atoms with Crippen molar-refractivity contribution in [1.29, 1.82) is 0 Å². The monoisotopic (exact) mass is 382 g/mol. The van der Waals surface area contributed by atoms with Crippen LogP contribution in [0.15, 0.2) is 65.8 Å². The van der Waals surface area contributed by atoms with Crippen molar-refractivity contribution in [1.82, 2.24) is 8.87 Å². The summed E-state index contributed by atoms with van der Waals surface area (Å²) >= 11 is 0. The van der Waals surface area contributed by atoms with E-state index < -0.39 is 10.0 Å². The first-order valence-electron chi connectivity index (χ1n) is 8.83. The summed E-state index contributed by atoms with van der Waals surface area (Å²) in [6.07, 6.45) is 3.50. The van der Waals surface area contributed by atoms with E-state index in [1.54, 1.807) is 31.6 Å². The standard InChI is InChI=1S/C21H22N2O3S/c1-16-3-9-21(10-4-16)27(24,25)23-14-18-12-22(13-19(18)15-23)11-17-5-7-20(26-2)8-6-17/h3-10,14-15H,11-13H2,1-2H3. The molecule has 0 N–H and O–H groups in total. The van der Waals surface area contributed by atoms with Gasteiger partial charge in [0.1, 0.15) is 5.75 Å². The molecule has 0 unspecified atom stereocenters. The van der Waals surface area contributed by atoms with Gasteiger partial charge in [-0.3, -0.25) is 4.90 Å². The van der Waals surface area contributed by atoms with Gasteiger partial charge in [0.25, 0.3) is 10.0 Å². The Labute approximate surface area is 159 Å². The van der Waals surface area contributed by atoms with Crippen LogP contribution >= 0.6 is 0 Å². The van der Waals surface area contributed by atoms with Gasteiger partial charge < -0.3 is 4.74 Å².